The molecule has 6 heteroatoms. The third kappa shape index (κ3) is 3.92. The molecule has 26 heavy (non-hydrogen) atoms. The Morgan fingerprint density at radius 1 is 1.00 bits per heavy atom. The van der Waals surface area contributed by atoms with E-state index in [-0.39, 0.29) is 11.8 Å². The molecule has 0 unspecified atom stereocenters. The van der Waals surface area contributed by atoms with Gasteiger partial charge in [0.25, 0.3) is 5.91 Å². The summed E-state index contributed by atoms with van der Waals surface area (Å²) < 4.78 is 5.09. The minimum absolute atomic E-state index is 0.292. The summed E-state index contributed by atoms with van der Waals surface area (Å²) >= 11 is 0. The second-order valence-corrected chi connectivity index (χ2v) is 5.81. The molecule has 6 nitrogen and oxygen atoms in total. The number of benzene rings is 2. The number of nitrogens with one attached hydrogen (secondary N) is 3. The van der Waals surface area contributed by atoms with Gasteiger partial charge in [0.1, 0.15) is 5.76 Å². The number of anilines is 1. The summed E-state index contributed by atoms with van der Waals surface area (Å²) in [4.78, 5) is 24.2. The molecule has 0 aliphatic rings. The Morgan fingerprint density at radius 3 is 2.54 bits per heavy atom. The maximum absolute atomic E-state index is 12.2. The van der Waals surface area contributed by atoms with Crippen LogP contribution in [-0.2, 0) is 4.79 Å². The first-order chi connectivity index (χ1) is 12.5. The van der Waals surface area contributed by atoms with Gasteiger partial charge in [-0.2, -0.15) is 0 Å². The molecule has 0 bridgehead atoms. The van der Waals surface area contributed by atoms with Crippen molar-refractivity contribution in [2.75, 3.05) is 5.32 Å². The van der Waals surface area contributed by atoms with Gasteiger partial charge in [-0.3, -0.25) is 15.0 Å². The quantitative estimate of drug-likeness (QED) is 0.486. The van der Waals surface area contributed by atoms with Crippen LogP contribution in [0.4, 0.5) is 5.69 Å². The highest BCUT2D eigenvalue weighted by Crippen LogP contribution is 2.22. The Kier molecular flexibility index (Phi) is 5.03. The number of hydrazine groups is 1. The van der Waals surface area contributed by atoms with E-state index in [1.165, 1.54) is 12.3 Å². The van der Waals surface area contributed by atoms with E-state index in [0.717, 1.165) is 16.5 Å². The predicted octanol–water partition coefficient (Wildman–Crippen LogP) is 3.52. The highest BCUT2D eigenvalue weighted by molar-refractivity contribution is 6.06. The predicted molar refractivity (Wildman–Crippen MR) is 100 cm³/mol. The number of fused-ring (bicyclic) bond motifs is 1. The van der Waals surface area contributed by atoms with Crippen LogP contribution in [0, 0.1) is 6.92 Å². The number of aryl methyl sites for hydroxylation is 1. The van der Waals surface area contributed by atoms with Crippen molar-refractivity contribution < 1.29 is 14.0 Å². The zero-order valence-corrected chi connectivity index (χ0v) is 14.5. The van der Waals surface area contributed by atoms with Crippen molar-refractivity contribution in [3.05, 3.63) is 77.9 Å². The van der Waals surface area contributed by atoms with Crippen molar-refractivity contribution in [2.45, 2.75) is 13.8 Å². The van der Waals surface area contributed by atoms with Crippen LogP contribution in [0.15, 0.2) is 71.0 Å². The van der Waals surface area contributed by atoms with Crippen molar-refractivity contribution in [2.24, 2.45) is 0 Å². The van der Waals surface area contributed by atoms with Gasteiger partial charge in [-0.1, -0.05) is 36.4 Å². The van der Waals surface area contributed by atoms with E-state index < -0.39 is 0 Å². The molecule has 3 N–H and O–H groups in total. The Bertz CT molecular complexity index is 983. The number of rotatable bonds is 5. The molecule has 3 aromatic rings. The molecule has 0 radical (unpaired) electrons. The average Bonchev–Trinajstić information content (AvgIpc) is 3.06. The highest BCUT2D eigenvalue weighted by atomic mass is 16.3. The Balaban J connectivity index is 1.63. The number of carbonyl (C=O) groups is 2. The first-order valence-electron chi connectivity index (χ1n) is 8.12. The molecular formula is C20H19N3O3. The van der Waals surface area contributed by atoms with E-state index in [2.05, 4.69) is 16.2 Å². The van der Waals surface area contributed by atoms with E-state index in [0.29, 0.717) is 17.0 Å². The summed E-state index contributed by atoms with van der Waals surface area (Å²) in [6.45, 7) is 3.39. The third-order valence-electron chi connectivity index (χ3n) is 3.87. The summed E-state index contributed by atoms with van der Waals surface area (Å²) in [5, 5.41) is 4.87. The van der Waals surface area contributed by atoms with Gasteiger partial charge >= 0.3 is 0 Å². The standard InChI is InChI=1S/C20H19N3O3/c1-13(22-23-20(25)16-10-11-26-14(16)2)12-19(24)21-18-9-5-7-15-6-3-4-8-17(15)18/h3-12,22H,1-2H3,(H,21,24)(H,23,25)/b13-12+. The van der Waals surface area contributed by atoms with Gasteiger partial charge in [-0.15, -0.1) is 0 Å². The van der Waals surface area contributed by atoms with Crippen LogP contribution in [0.1, 0.15) is 23.0 Å². The van der Waals surface area contributed by atoms with E-state index >= 15 is 0 Å². The largest absolute Gasteiger partial charge is 0.469 e. The van der Waals surface area contributed by atoms with Crippen molar-refractivity contribution in [3.8, 4) is 0 Å². The molecule has 1 aromatic heterocycles. The summed E-state index contributed by atoms with van der Waals surface area (Å²) in [5.41, 5.74) is 6.90. The number of hydrogen-bond acceptors (Lipinski definition) is 4. The van der Waals surface area contributed by atoms with E-state index in [1.807, 2.05) is 42.5 Å². The first kappa shape index (κ1) is 17.3. The Hall–Kier alpha value is -3.54. The van der Waals surface area contributed by atoms with Crippen molar-refractivity contribution in [3.63, 3.8) is 0 Å². The van der Waals surface area contributed by atoms with Gasteiger partial charge < -0.3 is 15.2 Å². The third-order valence-corrected chi connectivity index (χ3v) is 3.87. The molecule has 0 saturated heterocycles. The summed E-state index contributed by atoms with van der Waals surface area (Å²) in [6, 6.07) is 15.1. The molecule has 132 valence electrons. The summed E-state index contributed by atoms with van der Waals surface area (Å²) in [7, 11) is 0. The van der Waals surface area contributed by atoms with Crippen LogP contribution < -0.4 is 16.2 Å². The molecule has 0 spiro atoms. The fourth-order valence-corrected chi connectivity index (χ4v) is 2.58. The lowest BCUT2D eigenvalue weighted by molar-refractivity contribution is -0.112. The van der Waals surface area contributed by atoms with Crippen LogP contribution in [0.25, 0.3) is 10.8 Å². The van der Waals surface area contributed by atoms with Crippen LogP contribution in [-0.4, -0.2) is 11.8 Å². The number of allylic oxidation sites excluding steroid dienone is 1. The Labute approximate surface area is 150 Å². The normalized spacial score (nSPS) is 11.2. The van der Waals surface area contributed by atoms with Gasteiger partial charge in [0.2, 0.25) is 5.91 Å². The van der Waals surface area contributed by atoms with E-state index in [4.69, 9.17) is 4.42 Å². The lowest BCUT2D eigenvalue weighted by Crippen LogP contribution is -2.36. The van der Waals surface area contributed by atoms with Crippen molar-refractivity contribution in [1.82, 2.24) is 10.9 Å². The van der Waals surface area contributed by atoms with Crippen LogP contribution >= 0.6 is 0 Å². The molecule has 0 saturated carbocycles. The van der Waals surface area contributed by atoms with Gasteiger partial charge in [0, 0.05) is 22.8 Å². The maximum atomic E-state index is 12.2. The van der Waals surface area contributed by atoms with E-state index in [9.17, 15) is 9.59 Å². The lowest BCUT2D eigenvalue weighted by Gasteiger charge is -2.10. The van der Waals surface area contributed by atoms with Crippen molar-refractivity contribution >= 4 is 28.3 Å². The highest BCUT2D eigenvalue weighted by Gasteiger charge is 2.11. The molecule has 0 aliphatic heterocycles. The van der Waals surface area contributed by atoms with E-state index in [1.54, 1.807) is 19.9 Å². The summed E-state index contributed by atoms with van der Waals surface area (Å²) in [5.74, 6) is -0.0989. The minimum Gasteiger partial charge on any atom is -0.469 e. The maximum Gasteiger partial charge on any atom is 0.273 e. The average molecular weight is 349 g/mol. The monoisotopic (exact) mass is 349 g/mol. The van der Waals surface area contributed by atoms with Gasteiger partial charge in [-0.25, -0.2) is 0 Å². The molecule has 1 heterocycles. The van der Waals surface area contributed by atoms with Crippen LogP contribution in [0.5, 0.6) is 0 Å². The van der Waals surface area contributed by atoms with Crippen LogP contribution in [0.3, 0.4) is 0 Å². The molecular weight excluding hydrogens is 330 g/mol. The number of carbonyl (C=O) groups excluding carboxylic acids is 2. The topological polar surface area (TPSA) is 83.4 Å². The zero-order valence-electron chi connectivity index (χ0n) is 14.5. The number of furan rings is 1. The van der Waals surface area contributed by atoms with Gasteiger partial charge in [0.05, 0.1) is 11.8 Å². The zero-order chi connectivity index (χ0) is 18.5. The van der Waals surface area contributed by atoms with Gasteiger partial charge in [-0.05, 0) is 31.4 Å². The number of hydrogen-bond donors (Lipinski definition) is 3. The fraction of sp³-hybridized carbons (Fsp3) is 0.100. The SMILES string of the molecule is C/C(=C\C(=O)Nc1cccc2ccccc12)NNC(=O)c1ccoc1C. The molecule has 0 fully saturated rings. The van der Waals surface area contributed by atoms with Crippen LogP contribution in [0.2, 0.25) is 0 Å². The smallest absolute Gasteiger partial charge is 0.273 e. The fourth-order valence-electron chi connectivity index (χ4n) is 2.58. The van der Waals surface area contributed by atoms with Gasteiger partial charge in [0.15, 0.2) is 0 Å². The molecule has 3 rings (SSSR count). The molecule has 0 atom stereocenters. The minimum atomic E-state index is -0.335. The Morgan fingerprint density at radius 2 is 1.77 bits per heavy atom. The number of amides is 2. The molecule has 2 amide bonds. The molecule has 0 aliphatic carbocycles. The second-order valence-electron chi connectivity index (χ2n) is 5.81. The first-order valence-corrected chi connectivity index (χ1v) is 8.12. The second kappa shape index (κ2) is 7.57. The molecule has 2 aromatic carbocycles. The summed E-state index contributed by atoms with van der Waals surface area (Å²) in [6.07, 6.45) is 2.83. The lowest BCUT2D eigenvalue weighted by atomic mass is 10.1. The van der Waals surface area contributed by atoms with Crippen molar-refractivity contribution in [1.29, 1.82) is 0 Å².